The van der Waals surface area contributed by atoms with E-state index in [4.69, 9.17) is 14.2 Å². The highest BCUT2D eigenvalue weighted by molar-refractivity contribution is 5.93. The average Bonchev–Trinajstić information content (AvgIpc) is 3.08. The van der Waals surface area contributed by atoms with Crippen molar-refractivity contribution in [3.8, 4) is 56.4 Å². The van der Waals surface area contributed by atoms with E-state index in [2.05, 4.69) is 103 Å². The monoisotopic (exact) mass is 560 g/mol. The van der Waals surface area contributed by atoms with Crippen LogP contribution in [-0.2, 0) is 0 Å². The molecular weight excluding hydrogens is 528 g/mol. The minimum atomic E-state index is 0.754. The van der Waals surface area contributed by atoms with Crippen molar-refractivity contribution in [3.63, 3.8) is 0 Å². The maximum atomic E-state index is 6.83. The number of rotatable bonds is 9. The largest absolute Gasteiger partial charge is 0.497 e. The summed E-state index contributed by atoms with van der Waals surface area (Å²) >= 11 is 0. The molecule has 0 unspecified atom stereocenters. The normalized spacial score (nSPS) is 10.9. The van der Waals surface area contributed by atoms with E-state index in [1.54, 1.807) is 14.2 Å². The van der Waals surface area contributed by atoms with E-state index >= 15 is 0 Å². The van der Waals surface area contributed by atoms with Gasteiger partial charge in [0.1, 0.15) is 23.0 Å². The molecule has 6 aromatic carbocycles. The van der Waals surface area contributed by atoms with Gasteiger partial charge in [0.05, 0.1) is 14.2 Å². The first-order valence-corrected chi connectivity index (χ1v) is 14.2. The van der Waals surface area contributed by atoms with Gasteiger partial charge in [-0.25, -0.2) is 0 Å². The number of hydrogen-bond donors (Lipinski definition) is 0. The molecule has 0 heterocycles. The summed E-state index contributed by atoms with van der Waals surface area (Å²) in [4.78, 5) is 0. The van der Waals surface area contributed by atoms with Crippen molar-refractivity contribution in [2.75, 3.05) is 14.2 Å². The molecule has 0 bridgehead atoms. The van der Waals surface area contributed by atoms with Gasteiger partial charge in [-0.15, -0.1) is 0 Å². The summed E-state index contributed by atoms with van der Waals surface area (Å²) < 4.78 is 17.7. The Morgan fingerprint density at radius 1 is 0.419 bits per heavy atom. The standard InChI is InChI=1S/C40H32O3/c1-41-35-26-30(27-36(28-35)42-2)19-18-29-20-22-34(23-21-29)43-40-38(32-14-8-4-9-15-32)25-24-37(31-12-6-3-7-13-31)39(40)33-16-10-5-11-17-33/h3-28H,1-2H3/b19-18+. The van der Waals surface area contributed by atoms with Gasteiger partial charge in [-0.3, -0.25) is 0 Å². The highest BCUT2D eigenvalue weighted by Gasteiger charge is 2.19. The van der Waals surface area contributed by atoms with E-state index in [0.717, 1.165) is 67.5 Å². The highest BCUT2D eigenvalue weighted by Crippen LogP contribution is 2.46. The molecule has 3 nitrogen and oxygen atoms in total. The zero-order valence-corrected chi connectivity index (χ0v) is 24.2. The molecule has 0 aliphatic rings. The van der Waals surface area contributed by atoms with Crippen LogP contribution >= 0.6 is 0 Å². The van der Waals surface area contributed by atoms with Crippen molar-refractivity contribution in [3.05, 3.63) is 157 Å². The minimum Gasteiger partial charge on any atom is -0.497 e. The molecule has 0 amide bonds. The summed E-state index contributed by atoms with van der Waals surface area (Å²) in [6, 6.07) is 49.7. The summed E-state index contributed by atoms with van der Waals surface area (Å²) in [5.41, 5.74) is 8.60. The van der Waals surface area contributed by atoms with Crippen LogP contribution in [0.5, 0.6) is 23.0 Å². The van der Waals surface area contributed by atoms with Crippen molar-refractivity contribution < 1.29 is 14.2 Å². The molecule has 0 aliphatic carbocycles. The fourth-order valence-corrected chi connectivity index (χ4v) is 5.17. The Morgan fingerprint density at radius 2 is 0.907 bits per heavy atom. The molecule has 0 saturated carbocycles. The lowest BCUT2D eigenvalue weighted by Crippen LogP contribution is -1.95. The Hall–Kier alpha value is -5.54. The highest BCUT2D eigenvalue weighted by atomic mass is 16.5. The molecule has 6 aromatic rings. The third kappa shape index (κ3) is 6.37. The van der Waals surface area contributed by atoms with Crippen molar-refractivity contribution in [2.45, 2.75) is 0 Å². The van der Waals surface area contributed by atoms with Gasteiger partial charge < -0.3 is 14.2 Å². The fourth-order valence-electron chi connectivity index (χ4n) is 5.17. The lowest BCUT2D eigenvalue weighted by molar-refractivity contribution is 0.394. The Kier molecular flexibility index (Phi) is 8.33. The van der Waals surface area contributed by atoms with Crippen LogP contribution in [0.2, 0.25) is 0 Å². The number of ether oxygens (including phenoxy) is 3. The number of benzene rings is 6. The summed E-state index contributed by atoms with van der Waals surface area (Å²) in [6.45, 7) is 0. The Bertz CT molecular complexity index is 1800. The minimum absolute atomic E-state index is 0.754. The average molecular weight is 561 g/mol. The second-order valence-electron chi connectivity index (χ2n) is 10.1. The van der Waals surface area contributed by atoms with Crippen molar-refractivity contribution in [1.29, 1.82) is 0 Å². The lowest BCUT2D eigenvalue weighted by atomic mass is 9.89. The molecular formula is C40H32O3. The van der Waals surface area contributed by atoms with Crippen LogP contribution in [0.15, 0.2) is 146 Å². The summed E-state index contributed by atoms with van der Waals surface area (Å²) in [6.07, 6.45) is 4.12. The zero-order valence-electron chi connectivity index (χ0n) is 24.2. The lowest BCUT2D eigenvalue weighted by Gasteiger charge is -2.20. The molecule has 0 radical (unpaired) electrons. The van der Waals surface area contributed by atoms with E-state index in [0.29, 0.717) is 0 Å². The van der Waals surface area contributed by atoms with E-state index in [1.807, 2.05) is 54.6 Å². The van der Waals surface area contributed by atoms with Crippen LogP contribution in [0.25, 0.3) is 45.5 Å². The zero-order chi connectivity index (χ0) is 29.4. The third-order valence-corrected chi connectivity index (χ3v) is 7.33. The van der Waals surface area contributed by atoms with Gasteiger partial charge in [-0.1, -0.05) is 121 Å². The first kappa shape index (κ1) is 27.6. The van der Waals surface area contributed by atoms with Crippen LogP contribution in [0.1, 0.15) is 11.1 Å². The first-order valence-electron chi connectivity index (χ1n) is 14.2. The van der Waals surface area contributed by atoms with Gasteiger partial charge in [0.2, 0.25) is 0 Å². The van der Waals surface area contributed by atoms with Gasteiger partial charge in [0.25, 0.3) is 0 Å². The van der Waals surface area contributed by atoms with Gasteiger partial charge >= 0.3 is 0 Å². The third-order valence-electron chi connectivity index (χ3n) is 7.33. The van der Waals surface area contributed by atoms with E-state index in [1.165, 1.54) is 0 Å². The first-order chi connectivity index (χ1) is 21.2. The number of methoxy groups -OCH3 is 2. The smallest absolute Gasteiger partial charge is 0.143 e. The molecule has 3 heteroatoms. The quantitative estimate of drug-likeness (QED) is 0.165. The summed E-state index contributed by atoms with van der Waals surface area (Å²) in [5.74, 6) is 3.10. The second kappa shape index (κ2) is 13.0. The molecule has 0 aromatic heterocycles. The molecule has 0 atom stereocenters. The van der Waals surface area contributed by atoms with E-state index in [-0.39, 0.29) is 0 Å². The fraction of sp³-hybridized carbons (Fsp3) is 0.0500. The van der Waals surface area contributed by atoms with E-state index < -0.39 is 0 Å². The van der Waals surface area contributed by atoms with Crippen molar-refractivity contribution in [1.82, 2.24) is 0 Å². The molecule has 0 fully saturated rings. The SMILES string of the molecule is COc1cc(/C=C/c2ccc(Oc3c(-c4ccccc4)ccc(-c4ccccc4)c3-c3ccccc3)cc2)cc(OC)c1. The van der Waals surface area contributed by atoms with Crippen LogP contribution in [0.3, 0.4) is 0 Å². The predicted octanol–water partition coefficient (Wildman–Crippen LogP) is 10.7. The van der Waals surface area contributed by atoms with Crippen molar-refractivity contribution >= 4 is 12.2 Å². The topological polar surface area (TPSA) is 27.7 Å². The van der Waals surface area contributed by atoms with Crippen LogP contribution in [-0.4, -0.2) is 14.2 Å². The molecule has 210 valence electrons. The summed E-state index contributed by atoms with van der Waals surface area (Å²) in [5, 5.41) is 0. The van der Waals surface area contributed by atoms with Crippen LogP contribution in [0, 0.1) is 0 Å². The molecule has 0 saturated heterocycles. The van der Waals surface area contributed by atoms with Crippen LogP contribution < -0.4 is 14.2 Å². The molecule has 43 heavy (non-hydrogen) atoms. The molecule has 0 aliphatic heterocycles. The Morgan fingerprint density at radius 3 is 1.47 bits per heavy atom. The Balaban J connectivity index is 1.41. The second-order valence-corrected chi connectivity index (χ2v) is 10.1. The molecule has 0 N–H and O–H groups in total. The van der Waals surface area contributed by atoms with E-state index in [9.17, 15) is 0 Å². The Labute approximate surface area is 253 Å². The molecule has 0 spiro atoms. The van der Waals surface area contributed by atoms with Gasteiger partial charge in [0.15, 0.2) is 0 Å². The van der Waals surface area contributed by atoms with Gasteiger partial charge in [0, 0.05) is 17.2 Å². The van der Waals surface area contributed by atoms with Gasteiger partial charge in [-0.05, 0) is 63.7 Å². The number of hydrogen-bond acceptors (Lipinski definition) is 3. The van der Waals surface area contributed by atoms with Crippen molar-refractivity contribution in [2.24, 2.45) is 0 Å². The maximum absolute atomic E-state index is 6.83. The summed E-state index contributed by atoms with van der Waals surface area (Å²) in [7, 11) is 3.31. The maximum Gasteiger partial charge on any atom is 0.143 e. The van der Waals surface area contributed by atoms with Gasteiger partial charge in [-0.2, -0.15) is 0 Å². The van der Waals surface area contributed by atoms with Crippen LogP contribution in [0.4, 0.5) is 0 Å². The predicted molar refractivity (Wildman–Crippen MR) is 178 cm³/mol. The molecule has 6 rings (SSSR count).